The van der Waals surface area contributed by atoms with Gasteiger partial charge in [0.2, 0.25) is 10.0 Å². The van der Waals surface area contributed by atoms with Crippen molar-refractivity contribution in [1.29, 1.82) is 0 Å². The zero-order valence-corrected chi connectivity index (χ0v) is 21.4. The van der Waals surface area contributed by atoms with Gasteiger partial charge in [-0.1, -0.05) is 0 Å². The minimum absolute atomic E-state index is 0.00413. The van der Waals surface area contributed by atoms with E-state index < -0.39 is 21.7 Å². The van der Waals surface area contributed by atoms with Crippen LogP contribution in [0.2, 0.25) is 0 Å². The average Bonchev–Trinajstić information content (AvgIpc) is 2.88. The Morgan fingerprint density at radius 2 is 1.81 bits per heavy atom. The molecule has 0 bridgehead atoms. The molecule has 4 rings (SSSR count). The summed E-state index contributed by atoms with van der Waals surface area (Å²) in [4.78, 5) is 31.7. The molecule has 0 atom stereocenters. The molecule has 1 aliphatic rings. The van der Waals surface area contributed by atoms with Crippen molar-refractivity contribution in [2.24, 2.45) is 5.73 Å². The molecule has 2 heterocycles. The van der Waals surface area contributed by atoms with E-state index in [0.717, 1.165) is 0 Å². The maximum Gasteiger partial charge on any atom is 0.319 e. The van der Waals surface area contributed by atoms with Crippen molar-refractivity contribution in [1.82, 2.24) is 19.1 Å². The van der Waals surface area contributed by atoms with E-state index in [0.29, 0.717) is 16.6 Å². The van der Waals surface area contributed by atoms with E-state index in [4.69, 9.17) is 10.5 Å². The second-order valence-electron chi connectivity index (χ2n) is 8.63. The summed E-state index contributed by atoms with van der Waals surface area (Å²) >= 11 is 0. The topological polar surface area (TPSA) is 138 Å². The Hall–Kier alpha value is -3.97. The maximum absolute atomic E-state index is 13.9. The molecule has 0 aliphatic carbocycles. The Morgan fingerprint density at radius 1 is 1.11 bits per heavy atom. The normalized spacial score (nSPS) is 14.4. The molecule has 3 amide bonds. The first-order valence-electron chi connectivity index (χ1n) is 11.3. The number of carbonyl (C=O) groups excluding carboxylic acids is 2. The number of rotatable bonds is 6. The van der Waals surface area contributed by atoms with E-state index in [1.165, 1.54) is 58.9 Å². The number of sulfonamides is 1. The monoisotopic (exact) mass is 530 g/mol. The molecule has 1 saturated heterocycles. The zero-order valence-electron chi connectivity index (χ0n) is 20.6. The van der Waals surface area contributed by atoms with Crippen molar-refractivity contribution in [2.45, 2.75) is 4.90 Å². The van der Waals surface area contributed by atoms with E-state index in [1.54, 1.807) is 19.0 Å². The third-order valence-electron chi connectivity index (χ3n) is 6.05. The number of aromatic nitrogens is 1. The van der Waals surface area contributed by atoms with Crippen molar-refractivity contribution in [3.63, 3.8) is 0 Å². The van der Waals surface area contributed by atoms with Gasteiger partial charge in [-0.3, -0.25) is 9.78 Å². The first kappa shape index (κ1) is 26.1. The van der Waals surface area contributed by atoms with Gasteiger partial charge in [0.25, 0.3) is 5.91 Å². The Morgan fingerprint density at radius 3 is 2.43 bits per heavy atom. The summed E-state index contributed by atoms with van der Waals surface area (Å²) in [5, 5.41) is 3.38. The van der Waals surface area contributed by atoms with E-state index in [9.17, 15) is 22.4 Å². The number of fused-ring (bicyclic) bond motifs is 1. The van der Waals surface area contributed by atoms with E-state index >= 15 is 0 Å². The van der Waals surface area contributed by atoms with Crippen LogP contribution in [0.3, 0.4) is 0 Å². The van der Waals surface area contributed by atoms with Crippen LogP contribution < -0.4 is 15.8 Å². The highest BCUT2D eigenvalue weighted by atomic mass is 32.2. The number of halogens is 1. The van der Waals surface area contributed by atoms with Crippen LogP contribution >= 0.6 is 0 Å². The van der Waals surface area contributed by atoms with Gasteiger partial charge < -0.3 is 25.6 Å². The summed E-state index contributed by atoms with van der Waals surface area (Å²) in [7, 11) is 0.687. The van der Waals surface area contributed by atoms with E-state index in [1.807, 2.05) is 0 Å². The molecule has 3 N–H and O–H groups in total. The Kier molecular flexibility index (Phi) is 7.18. The van der Waals surface area contributed by atoms with Gasteiger partial charge in [0.15, 0.2) is 11.6 Å². The Bertz CT molecular complexity index is 1470. The van der Waals surface area contributed by atoms with E-state index in [2.05, 4.69) is 10.3 Å². The molecule has 13 heteroatoms. The summed E-state index contributed by atoms with van der Waals surface area (Å²) in [6.45, 7) is 0.798. The van der Waals surface area contributed by atoms with Crippen molar-refractivity contribution in [3.8, 4) is 5.75 Å². The molecular formula is C24H27FN6O5S. The summed E-state index contributed by atoms with van der Waals surface area (Å²) in [6.07, 6.45) is 1.29. The lowest BCUT2D eigenvalue weighted by Crippen LogP contribution is -2.52. The number of nitrogens with one attached hydrogen (secondary N) is 1. The third kappa shape index (κ3) is 5.13. The SMILES string of the molecule is COc1cc(Nc2c(C(N)=O)cnc3ccc(S(=O)(=O)N4CCN(C(=O)N(C)C)CC4)cc23)ccc1F. The molecule has 1 aliphatic heterocycles. The van der Waals surface area contributed by atoms with Crippen LogP contribution in [-0.2, 0) is 10.0 Å². The molecule has 3 aromatic rings. The molecule has 11 nitrogen and oxygen atoms in total. The van der Waals surface area contributed by atoms with Crippen molar-refractivity contribution in [2.75, 3.05) is 52.7 Å². The zero-order chi connectivity index (χ0) is 26.9. The van der Waals surface area contributed by atoms with Crippen LogP contribution in [0.15, 0.2) is 47.5 Å². The van der Waals surface area contributed by atoms with Crippen LogP contribution in [0, 0.1) is 5.82 Å². The van der Waals surface area contributed by atoms with Gasteiger partial charge in [-0.25, -0.2) is 17.6 Å². The molecule has 1 aromatic heterocycles. The molecular weight excluding hydrogens is 503 g/mol. The number of amides is 3. The minimum atomic E-state index is -3.92. The van der Waals surface area contributed by atoms with Gasteiger partial charge in [0, 0.05) is 63.6 Å². The number of nitrogens with zero attached hydrogens (tertiary/aromatic N) is 4. The fraction of sp³-hybridized carbons (Fsp3) is 0.292. The third-order valence-corrected chi connectivity index (χ3v) is 7.95. The molecule has 2 aromatic carbocycles. The smallest absolute Gasteiger partial charge is 0.319 e. The van der Waals surface area contributed by atoms with Crippen LogP contribution in [0.5, 0.6) is 5.75 Å². The van der Waals surface area contributed by atoms with Crippen LogP contribution in [0.25, 0.3) is 10.9 Å². The minimum Gasteiger partial charge on any atom is -0.494 e. The largest absolute Gasteiger partial charge is 0.494 e. The fourth-order valence-corrected chi connectivity index (χ4v) is 5.54. The summed E-state index contributed by atoms with van der Waals surface area (Å²) in [5.74, 6) is -1.36. The Balaban J connectivity index is 1.72. The van der Waals surface area contributed by atoms with E-state index in [-0.39, 0.29) is 54.1 Å². The predicted octanol–water partition coefficient (Wildman–Crippen LogP) is 2.21. The van der Waals surface area contributed by atoms with Gasteiger partial charge in [0.05, 0.1) is 28.8 Å². The lowest BCUT2D eigenvalue weighted by Gasteiger charge is -2.35. The average molecular weight is 531 g/mol. The molecule has 196 valence electrons. The van der Waals surface area contributed by atoms with Gasteiger partial charge in [-0.2, -0.15) is 4.31 Å². The van der Waals surface area contributed by atoms with Crippen LogP contribution in [0.4, 0.5) is 20.6 Å². The fourth-order valence-electron chi connectivity index (χ4n) is 4.09. The molecule has 0 spiro atoms. The van der Waals surface area contributed by atoms with Gasteiger partial charge in [0.1, 0.15) is 0 Å². The van der Waals surface area contributed by atoms with Crippen LogP contribution in [-0.4, -0.2) is 86.8 Å². The highest BCUT2D eigenvalue weighted by Gasteiger charge is 2.31. The standard InChI is InChI=1S/C24H27FN6O5S/c1-29(2)24(33)30-8-10-31(11-9-30)37(34,35)16-5-7-20-17(13-16)22(18(14-27-20)23(26)32)28-15-4-6-19(25)21(12-15)36-3/h4-7,12-14H,8-11H2,1-3H3,(H2,26,32)(H,27,28). The van der Waals surface area contributed by atoms with Crippen molar-refractivity contribution < 1.29 is 27.1 Å². The quantitative estimate of drug-likeness (QED) is 0.498. The van der Waals surface area contributed by atoms with Crippen molar-refractivity contribution in [3.05, 3.63) is 54.0 Å². The number of piperazine rings is 1. The molecule has 37 heavy (non-hydrogen) atoms. The number of primary amides is 1. The second kappa shape index (κ2) is 10.2. The number of ether oxygens (including phenoxy) is 1. The Labute approximate surface area is 213 Å². The van der Waals surface area contributed by atoms with Gasteiger partial charge in [-0.15, -0.1) is 0 Å². The molecule has 0 radical (unpaired) electrons. The number of hydrogen-bond donors (Lipinski definition) is 2. The second-order valence-corrected chi connectivity index (χ2v) is 10.6. The highest BCUT2D eigenvalue weighted by molar-refractivity contribution is 7.89. The predicted molar refractivity (Wildman–Crippen MR) is 136 cm³/mol. The maximum atomic E-state index is 13.9. The lowest BCUT2D eigenvalue weighted by molar-refractivity contribution is 0.100. The summed E-state index contributed by atoms with van der Waals surface area (Å²) in [5.41, 5.74) is 6.64. The van der Waals surface area contributed by atoms with Gasteiger partial charge in [-0.05, 0) is 30.3 Å². The molecule has 1 fully saturated rings. The number of methoxy groups -OCH3 is 1. The lowest BCUT2D eigenvalue weighted by atomic mass is 10.1. The molecule has 0 unspecified atom stereocenters. The number of anilines is 2. The summed E-state index contributed by atoms with van der Waals surface area (Å²) < 4.78 is 47.2. The number of urea groups is 1. The number of nitrogens with two attached hydrogens (primary N) is 1. The van der Waals surface area contributed by atoms with Crippen LogP contribution in [0.1, 0.15) is 10.4 Å². The first-order chi connectivity index (χ1) is 17.5. The first-order valence-corrected chi connectivity index (χ1v) is 12.8. The number of benzene rings is 2. The number of pyridine rings is 1. The van der Waals surface area contributed by atoms with Crippen molar-refractivity contribution >= 4 is 44.2 Å². The van der Waals surface area contributed by atoms with Gasteiger partial charge >= 0.3 is 6.03 Å². The molecule has 0 saturated carbocycles. The number of hydrogen-bond acceptors (Lipinski definition) is 7. The number of carbonyl (C=O) groups is 2. The highest BCUT2D eigenvalue weighted by Crippen LogP contribution is 2.33. The summed E-state index contributed by atoms with van der Waals surface area (Å²) in [6, 6.07) is 8.27.